The molecule has 1 unspecified atom stereocenters. The average molecular weight is 425 g/mol. The highest BCUT2D eigenvalue weighted by molar-refractivity contribution is 7.98. The number of ether oxygens (including phenoxy) is 1. The second-order valence-electron chi connectivity index (χ2n) is 7.32. The van der Waals surface area contributed by atoms with Crippen LogP contribution in [0.5, 0.6) is 0 Å². The van der Waals surface area contributed by atoms with E-state index in [1.807, 2.05) is 18.2 Å². The Morgan fingerprint density at radius 1 is 1.27 bits per heavy atom. The molecule has 156 valence electrons. The molecule has 1 aliphatic rings. The van der Waals surface area contributed by atoms with Crippen LogP contribution in [0.15, 0.2) is 40.7 Å². The lowest BCUT2D eigenvalue weighted by Gasteiger charge is -2.23. The molecule has 1 fully saturated rings. The molecule has 1 saturated carbocycles. The van der Waals surface area contributed by atoms with Crippen LogP contribution in [0.4, 0.5) is 0 Å². The van der Waals surface area contributed by atoms with Crippen molar-refractivity contribution in [2.24, 2.45) is 4.99 Å². The minimum absolute atomic E-state index is 0.0128. The number of carbonyl (C=O) groups is 1. The number of aromatic nitrogens is 5. The van der Waals surface area contributed by atoms with E-state index in [0.29, 0.717) is 17.8 Å². The van der Waals surface area contributed by atoms with Crippen LogP contribution in [0.2, 0.25) is 0 Å². The fourth-order valence-electron chi connectivity index (χ4n) is 3.57. The van der Waals surface area contributed by atoms with Gasteiger partial charge in [0.1, 0.15) is 17.5 Å². The number of pyridine rings is 1. The van der Waals surface area contributed by atoms with Crippen molar-refractivity contribution >= 4 is 35.5 Å². The molecule has 8 nitrogen and oxygen atoms in total. The molecule has 0 aliphatic heterocycles. The summed E-state index contributed by atoms with van der Waals surface area (Å²) in [4.78, 5) is 29.7. The molecular weight excluding hydrogens is 400 g/mol. The molecule has 0 bridgehead atoms. The van der Waals surface area contributed by atoms with Crippen molar-refractivity contribution in [2.45, 2.75) is 61.4 Å². The van der Waals surface area contributed by atoms with Crippen molar-refractivity contribution in [3.05, 3.63) is 42.1 Å². The van der Waals surface area contributed by atoms with Crippen LogP contribution in [0.1, 0.15) is 43.5 Å². The summed E-state index contributed by atoms with van der Waals surface area (Å²) >= 11 is 1.57. The van der Waals surface area contributed by atoms with Crippen LogP contribution in [0.25, 0.3) is 11.0 Å². The van der Waals surface area contributed by atoms with E-state index in [2.05, 4.69) is 36.9 Å². The number of fused-ring (bicyclic) bond motifs is 1. The maximum atomic E-state index is 12.5. The minimum Gasteiger partial charge on any atom is -0.461 e. The lowest BCUT2D eigenvalue weighted by molar-refractivity contribution is -0.152. The van der Waals surface area contributed by atoms with Gasteiger partial charge >= 0.3 is 5.97 Å². The summed E-state index contributed by atoms with van der Waals surface area (Å²) in [5, 5.41) is 8.60. The summed E-state index contributed by atoms with van der Waals surface area (Å²) in [5.74, 6) is 0.339. The Labute approximate surface area is 179 Å². The third kappa shape index (κ3) is 5.02. The smallest absolute Gasteiger partial charge is 0.331 e. The number of esters is 1. The second-order valence-corrected chi connectivity index (χ2v) is 8.28. The molecule has 0 spiro atoms. The van der Waals surface area contributed by atoms with Gasteiger partial charge in [-0.2, -0.15) is 5.10 Å². The highest BCUT2D eigenvalue weighted by atomic mass is 32.2. The largest absolute Gasteiger partial charge is 0.461 e. The van der Waals surface area contributed by atoms with Gasteiger partial charge in [0.2, 0.25) is 0 Å². The summed E-state index contributed by atoms with van der Waals surface area (Å²) < 4.78 is 5.66. The number of carbonyl (C=O) groups excluding carboxylic acids is 1. The maximum Gasteiger partial charge on any atom is 0.331 e. The molecule has 1 N–H and O–H groups in total. The molecule has 9 heteroatoms. The first kappa shape index (κ1) is 20.5. The SMILES string of the molecule is C=NC(Cc1cccc(CSc2ncnc3[nH]ncc23)n1)C(=O)OC1CCCCC1. The lowest BCUT2D eigenvalue weighted by Crippen LogP contribution is -2.29. The number of H-pyrrole nitrogens is 1. The second kappa shape index (κ2) is 9.80. The number of nitrogens with one attached hydrogen (secondary N) is 1. The predicted octanol–water partition coefficient (Wildman–Crippen LogP) is 3.53. The quantitative estimate of drug-likeness (QED) is 0.255. The van der Waals surface area contributed by atoms with Crippen LogP contribution >= 0.6 is 11.8 Å². The summed E-state index contributed by atoms with van der Waals surface area (Å²) in [6.07, 6.45) is 8.95. The first-order valence-corrected chi connectivity index (χ1v) is 11.1. The zero-order valence-corrected chi connectivity index (χ0v) is 17.5. The molecule has 3 aromatic heterocycles. The van der Waals surface area contributed by atoms with E-state index in [1.54, 1.807) is 18.0 Å². The molecule has 30 heavy (non-hydrogen) atoms. The van der Waals surface area contributed by atoms with Gasteiger partial charge in [0.25, 0.3) is 0 Å². The van der Waals surface area contributed by atoms with Crippen molar-refractivity contribution in [1.29, 1.82) is 0 Å². The summed E-state index contributed by atoms with van der Waals surface area (Å²) in [5.41, 5.74) is 2.41. The fourth-order valence-corrected chi connectivity index (χ4v) is 4.44. The molecule has 3 heterocycles. The fraction of sp³-hybridized carbons (Fsp3) is 0.429. The minimum atomic E-state index is -0.630. The van der Waals surface area contributed by atoms with Crippen molar-refractivity contribution in [1.82, 2.24) is 25.1 Å². The Morgan fingerprint density at radius 2 is 2.10 bits per heavy atom. The van der Waals surface area contributed by atoms with Crippen molar-refractivity contribution in [2.75, 3.05) is 0 Å². The number of thioether (sulfide) groups is 1. The highest BCUT2D eigenvalue weighted by Crippen LogP contribution is 2.26. The molecule has 1 aliphatic carbocycles. The van der Waals surface area contributed by atoms with Crippen LogP contribution in [0.3, 0.4) is 0 Å². The Morgan fingerprint density at radius 3 is 2.93 bits per heavy atom. The molecule has 0 aromatic carbocycles. The zero-order valence-electron chi connectivity index (χ0n) is 16.7. The first-order chi connectivity index (χ1) is 14.7. The van der Waals surface area contributed by atoms with Gasteiger partial charge in [-0.3, -0.25) is 15.1 Å². The van der Waals surface area contributed by atoms with Crippen LogP contribution in [-0.4, -0.2) is 50.0 Å². The Balaban J connectivity index is 1.37. The van der Waals surface area contributed by atoms with Gasteiger partial charge in [-0.25, -0.2) is 14.8 Å². The average Bonchev–Trinajstić information content (AvgIpc) is 3.26. The van der Waals surface area contributed by atoms with Crippen LogP contribution in [0, 0.1) is 0 Å². The van der Waals surface area contributed by atoms with E-state index in [4.69, 9.17) is 4.74 Å². The van der Waals surface area contributed by atoms with Gasteiger partial charge in [-0.15, -0.1) is 0 Å². The predicted molar refractivity (Wildman–Crippen MR) is 115 cm³/mol. The van der Waals surface area contributed by atoms with Gasteiger partial charge in [0, 0.05) is 17.9 Å². The third-order valence-electron chi connectivity index (χ3n) is 5.16. The Hall–Kier alpha value is -2.81. The summed E-state index contributed by atoms with van der Waals surface area (Å²) in [6.45, 7) is 3.59. The Kier molecular flexibility index (Phi) is 6.68. The lowest BCUT2D eigenvalue weighted by atomic mass is 9.98. The molecule has 0 saturated heterocycles. The van der Waals surface area contributed by atoms with Crippen LogP contribution < -0.4 is 0 Å². The number of aromatic amines is 1. The van der Waals surface area contributed by atoms with E-state index in [9.17, 15) is 4.79 Å². The molecular formula is C21H24N6O2S. The Bertz CT molecular complexity index is 1020. The standard InChI is InChI=1S/C21H24N6O2S/c1-22-18(21(28)29-16-8-3-2-4-9-16)10-14-6-5-7-15(26-14)12-30-20-17-11-25-27-19(17)23-13-24-20/h5-7,11,13,16,18H,1-4,8-10,12H2,(H,23,24,25,27). The van der Waals surface area contributed by atoms with E-state index < -0.39 is 6.04 Å². The summed E-state index contributed by atoms with van der Waals surface area (Å²) in [7, 11) is 0. The van der Waals surface area contributed by atoms with Gasteiger partial charge in [0.05, 0.1) is 17.3 Å². The molecule has 1 atom stereocenters. The molecule has 0 amide bonds. The number of rotatable bonds is 8. The number of aliphatic imine (C=N–C) groups is 1. The molecule has 3 aromatic rings. The van der Waals surface area contributed by atoms with Gasteiger partial charge < -0.3 is 4.74 Å². The van der Waals surface area contributed by atoms with Crippen molar-refractivity contribution in [3.8, 4) is 0 Å². The van der Waals surface area contributed by atoms with Crippen molar-refractivity contribution in [3.63, 3.8) is 0 Å². The van der Waals surface area contributed by atoms with E-state index in [0.717, 1.165) is 47.5 Å². The van der Waals surface area contributed by atoms with E-state index >= 15 is 0 Å². The van der Waals surface area contributed by atoms with Gasteiger partial charge in [-0.1, -0.05) is 24.2 Å². The van der Waals surface area contributed by atoms with Gasteiger partial charge in [0.15, 0.2) is 11.7 Å². The van der Waals surface area contributed by atoms with E-state index in [-0.39, 0.29) is 12.1 Å². The number of hydrogen-bond acceptors (Lipinski definition) is 8. The number of nitrogens with zero attached hydrogens (tertiary/aromatic N) is 5. The third-order valence-corrected chi connectivity index (χ3v) is 6.20. The van der Waals surface area contributed by atoms with Crippen molar-refractivity contribution < 1.29 is 9.53 Å². The highest BCUT2D eigenvalue weighted by Gasteiger charge is 2.24. The number of hydrogen-bond donors (Lipinski definition) is 1. The summed E-state index contributed by atoms with van der Waals surface area (Å²) in [6, 6.07) is 5.17. The van der Waals surface area contributed by atoms with Crippen LogP contribution in [-0.2, 0) is 21.7 Å². The van der Waals surface area contributed by atoms with Gasteiger partial charge in [-0.05, 0) is 44.5 Å². The monoisotopic (exact) mass is 424 g/mol. The maximum absolute atomic E-state index is 12.5. The topological polar surface area (TPSA) is 106 Å². The normalized spacial score (nSPS) is 15.7. The first-order valence-electron chi connectivity index (χ1n) is 10.1. The molecule has 4 rings (SSSR count). The molecule has 0 radical (unpaired) electrons. The zero-order chi connectivity index (χ0) is 20.8. The van der Waals surface area contributed by atoms with E-state index in [1.165, 1.54) is 12.7 Å².